The number of hydrogen-bond acceptors (Lipinski definition) is 4. The average Bonchev–Trinajstić information content (AvgIpc) is 1.58. The zero-order valence-electron chi connectivity index (χ0n) is 62.3. The molecule has 21 rings (SSSR count). The van der Waals surface area contributed by atoms with Gasteiger partial charge in [-0.25, -0.2) is 0 Å². The van der Waals surface area contributed by atoms with Crippen LogP contribution in [-0.2, 0) is 0 Å². The molecule has 0 fully saturated rings. The summed E-state index contributed by atoms with van der Waals surface area (Å²) in [4.78, 5) is 4.71. The minimum atomic E-state index is 0.845. The second kappa shape index (κ2) is 28.7. The molecule has 21 aromatic rings. The molecule has 0 bridgehead atoms. The van der Waals surface area contributed by atoms with Gasteiger partial charge in [0.1, 0.15) is 22.3 Å². The second-order valence-corrected chi connectivity index (χ2v) is 29.5. The van der Waals surface area contributed by atoms with E-state index in [4.69, 9.17) is 8.83 Å². The summed E-state index contributed by atoms with van der Waals surface area (Å²) in [7, 11) is 0. The van der Waals surface area contributed by atoms with Gasteiger partial charge in [0, 0.05) is 67.3 Å². The summed E-state index contributed by atoms with van der Waals surface area (Å²) in [6.07, 6.45) is 0. The maximum Gasteiger partial charge on any atom is 0.143 e. The van der Waals surface area contributed by atoms with E-state index in [1.165, 1.54) is 55.3 Å². The van der Waals surface area contributed by atoms with E-state index in [0.717, 1.165) is 156 Å². The molecule has 0 saturated carbocycles. The molecule has 19 aromatic carbocycles. The van der Waals surface area contributed by atoms with E-state index in [1.54, 1.807) is 0 Å². The van der Waals surface area contributed by atoms with Crippen LogP contribution in [0.5, 0.6) is 0 Å². The first kappa shape index (κ1) is 67.0. The number of nitrogens with zero attached hydrogens (tertiary/aromatic N) is 2. The van der Waals surface area contributed by atoms with Crippen molar-refractivity contribution in [3.63, 3.8) is 0 Å². The molecule has 0 N–H and O–H groups in total. The molecule has 0 spiro atoms. The van der Waals surface area contributed by atoms with Crippen molar-refractivity contribution in [1.82, 2.24) is 0 Å². The lowest BCUT2D eigenvalue weighted by atomic mass is 9.94. The van der Waals surface area contributed by atoms with Crippen LogP contribution >= 0.6 is 0 Å². The van der Waals surface area contributed by atoms with E-state index in [-0.39, 0.29) is 0 Å². The number of benzene rings is 19. The molecule has 0 aliphatic heterocycles. The topological polar surface area (TPSA) is 32.8 Å². The molecule has 114 heavy (non-hydrogen) atoms. The first-order chi connectivity index (χ1) is 56.4. The van der Waals surface area contributed by atoms with Crippen LogP contribution in [0.15, 0.2) is 446 Å². The molecule has 0 aliphatic carbocycles. The highest BCUT2D eigenvalue weighted by atomic mass is 16.3. The summed E-state index contributed by atoms with van der Waals surface area (Å²) in [6, 6.07) is 158. The average molecular weight is 1450 g/mol. The lowest BCUT2D eigenvalue weighted by molar-refractivity contribution is 0.669. The first-order valence-electron chi connectivity index (χ1n) is 39.0. The van der Waals surface area contributed by atoms with Gasteiger partial charge in [-0.05, 0) is 224 Å². The zero-order valence-corrected chi connectivity index (χ0v) is 62.3. The van der Waals surface area contributed by atoms with Crippen molar-refractivity contribution in [1.29, 1.82) is 0 Å². The summed E-state index contributed by atoms with van der Waals surface area (Å²) in [5.74, 6) is 0. The van der Waals surface area contributed by atoms with Crippen molar-refractivity contribution in [2.24, 2.45) is 0 Å². The second-order valence-electron chi connectivity index (χ2n) is 29.5. The Labute approximate surface area is 661 Å². The maximum atomic E-state index is 7.02. The summed E-state index contributed by atoms with van der Waals surface area (Å²) >= 11 is 0. The van der Waals surface area contributed by atoms with Crippen molar-refractivity contribution in [2.75, 3.05) is 9.80 Å². The van der Waals surface area contributed by atoms with Crippen LogP contribution in [0.25, 0.3) is 177 Å². The Morgan fingerprint density at radius 2 is 0.465 bits per heavy atom. The first-order valence-corrected chi connectivity index (χ1v) is 39.0. The fourth-order valence-corrected chi connectivity index (χ4v) is 16.8. The Morgan fingerprint density at radius 3 is 0.912 bits per heavy atom. The Balaban J connectivity index is 0.571. The molecule has 0 aliphatic rings. The van der Waals surface area contributed by atoms with Gasteiger partial charge in [0.15, 0.2) is 0 Å². The third-order valence-electron chi connectivity index (χ3n) is 22.7. The summed E-state index contributed by atoms with van der Waals surface area (Å²) in [5, 5.41) is 9.13. The van der Waals surface area contributed by atoms with Crippen LogP contribution in [-0.4, -0.2) is 0 Å². The standard InChI is InChI=1S/C110H72N2O2/c1-4-16-73(17-5-1)76-30-34-80(35-31-76)83-50-58-94(59-51-83)111(97-26-14-24-90(68-97)85-42-38-78(39-43-85)75-20-8-3-9-21-75)95-62-54-87(55-63-95)92-57-66-105-104(70-92)109-101-29-13-11-23-93(101)71-103(110(109)114-105)89-48-46-82(47-49-89)79-40-44-86(45-41-79)91-25-15-27-98(69-91)112(96-60-52-84(53-61-96)81-36-32-77(33-37-81)74-18-6-2-7-19-74)99-64-65-102-107(72-99)113-106-67-56-88-22-10-12-28-100(88)108(102)106/h1-72H. The Kier molecular flexibility index (Phi) is 16.9. The normalized spacial score (nSPS) is 11.5. The van der Waals surface area contributed by atoms with Crippen molar-refractivity contribution in [3.05, 3.63) is 437 Å². The number of fused-ring (bicyclic) bond motifs is 10. The Hall–Kier alpha value is -15.1. The molecule has 2 heterocycles. The third kappa shape index (κ3) is 12.6. The zero-order chi connectivity index (χ0) is 75.4. The van der Waals surface area contributed by atoms with E-state index in [1.807, 2.05) is 0 Å². The molecule has 0 atom stereocenters. The van der Waals surface area contributed by atoms with E-state index < -0.39 is 0 Å². The van der Waals surface area contributed by atoms with Crippen molar-refractivity contribution < 1.29 is 8.83 Å². The van der Waals surface area contributed by atoms with Crippen LogP contribution in [0.3, 0.4) is 0 Å². The summed E-state index contributed by atoms with van der Waals surface area (Å²) < 4.78 is 13.7. The van der Waals surface area contributed by atoms with Gasteiger partial charge in [-0.15, -0.1) is 0 Å². The minimum Gasteiger partial charge on any atom is -0.456 e. The van der Waals surface area contributed by atoms with Gasteiger partial charge in [0.2, 0.25) is 0 Å². The van der Waals surface area contributed by atoms with Crippen LogP contribution in [0, 0.1) is 0 Å². The lowest BCUT2D eigenvalue weighted by Crippen LogP contribution is -2.10. The van der Waals surface area contributed by atoms with Gasteiger partial charge in [-0.2, -0.15) is 0 Å². The molecule has 4 nitrogen and oxygen atoms in total. The molecule has 0 amide bonds. The lowest BCUT2D eigenvalue weighted by Gasteiger charge is -2.26. The predicted molar refractivity (Wildman–Crippen MR) is 480 cm³/mol. The number of anilines is 6. The van der Waals surface area contributed by atoms with Gasteiger partial charge in [0.25, 0.3) is 0 Å². The largest absolute Gasteiger partial charge is 0.456 e. The smallest absolute Gasteiger partial charge is 0.143 e. The highest BCUT2D eigenvalue weighted by molar-refractivity contribution is 6.23. The number of furan rings is 2. The molecule has 534 valence electrons. The van der Waals surface area contributed by atoms with E-state index >= 15 is 0 Å². The molecule has 0 unspecified atom stereocenters. The van der Waals surface area contributed by atoms with Gasteiger partial charge < -0.3 is 18.6 Å². The molecule has 2 aromatic heterocycles. The minimum absolute atomic E-state index is 0.845. The van der Waals surface area contributed by atoms with Gasteiger partial charge in [0.05, 0.1) is 0 Å². The molecule has 0 radical (unpaired) electrons. The molecule has 4 heteroatoms. The number of hydrogen-bond donors (Lipinski definition) is 0. The number of rotatable bonds is 16. The molecule has 0 saturated heterocycles. The molecular formula is C110H72N2O2. The highest BCUT2D eigenvalue weighted by Crippen LogP contribution is 2.47. The van der Waals surface area contributed by atoms with Crippen LogP contribution in [0.4, 0.5) is 34.1 Å². The fraction of sp³-hybridized carbons (Fsp3) is 0. The van der Waals surface area contributed by atoms with Gasteiger partial charge >= 0.3 is 0 Å². The van der Waals surface area contributed by atoms with Crippen molar-refractivity contribution in [3.8, 4) is 111 Å². The Morgan fingerprint density at radius 1 is 0.149 bits per heavy atom. The van der Waals surface area contributed by atoms with Crippen molar-refractivity contribution in [2.45, 2.75) is 0 Å². The third-order valence-corrected chi connectivity index (χ3v) is 22.7. The fourth-order valence-electron chi connectivity index (χ4n) is 16.8. The SMILES string of the molecule is c1ccc(-c2ccc(-c3ccc(N(c4ccc(-c5ccc6oc7c(-c8ccc(-c9ccc(-c%10cccc(N(c%11ccc(-c%12ccc(-c%13ccccc%13)cc%12)cc%11)c%11ccc%12c(c%11)oc%11ccc%13ccccc%13c%11%12)c%10)cc9)cc8)cc8ccccc8c7c6c5)cc4)c4cccc(-c5ccc(-c6ccccc6)cc5)c4)cc3)cc2)cc1. The molecular weight excluding hydrogens is 1380 g/mol. The van der Waals surface area contributed by atoms with E-state index in [0.29, 0.717) is 0 Å². The predicted octanol–water partition coefficient (Wildman–Crippen LogP) is 31.4. The van der Waals surface area contributed by atoms with Gasteiger partial charge in [-0.3, -0.25) is 0 Å². The summed E-state index contributed by atoms with van der Waals surface area (Å²) in [5.41, 5.74) is 32.8. The summed E-state index contributed by atoms with van der Waals surface area (Å²) in [6.45, 7) is 0. The van der Waals surface area contributed by atoms with Crippen LogP contribution in [0.2, 0.25) is 0 Å². The van der Waals surface area contributed by atoms with E-state index in [2.05, 4.69) is 447 Å². The highest BCUT2D eigenvalue weighted by Gasteiger charge is 2.22. The van der Waals surface area contributed by atoms with Crippen LogP contribution < -0.4 is 9.80 Å². The van der Waals surface area contributed by atoms with Gasteiger partial charge in [-0.1, -0.05) is 334 Å². The van der Waals surface area contributed by atoms with Crippen molar-refractivity contribution >= 4 is 99.5 Å². The van der Waals surface area contributed by atoms with E-state index in [9.17, 15) is 0 Å². The maximum absolute atomic E-state index is 7.02. The quantitative estimate of drug-likeness (QED) is 0.0965. The Bertz CT molecular complexity index is 7120. The van der Waals surface area contributed by atoms with Crippen LogP contribution in [0.1, 0.15) is 0 Å². The monoisotopic (exact) mass is 1450 g/mol.